The maximum Gasteiger partial charge on any atom is 0.472 e. The van der Waals surface area contributed by atoms with Crippen molar-refractivity contribution in [1.29, 1.82) is 0 Å². The van der Waals surface area contributed by atoms with E-state index in [1.165, 1.54) is 103 Å². The molecular weight excluding hydrogens is 1280 g/mol. The summed E-state index contributed by atoms with van der Waals surface area (Å²) in [5.41, 5.74) is 0. The van der Waals surface area contributed by atoms with Crippen LogP contribution < -0.4 is 0 Å². The van der Waals surface area contributed by atoms with E-state index < -0.39 is 97.5 Å². The number of allylic oxidation sites excluding steroid dienone is 12. The van der Waals surface area contributed by atoms with Gasteiger partial charge in [0.05, 0.1) is 26.4 Å². The highest BCUT2D eigenvalue weighted by atomic mass is 31.2. The van der Waals surface area contributed by atoms with Crippen LogP contribution in [0.4, 0.5) is 0 Å². The summed E-state index contributed by atoms with van der Waals surface area (Å²) in [6.45, 7) is 4.80. The Morgan fingerprint density at radius 2 is 0.500 bits per heavy atom. The van der Waals surface area contributed by atoms with Crippen molar-refractivity contribution < 1.29 is 80.2 Å². The molecule has 0 fully saturated rings. The Hall–Kier alpha value is -3.50. The zero-order valence-corrected chi connectivity index (χ0v) is 64.0. The van der Waals surface area contributed by atoms with E-state index in [2.05, 4.69) is 101 Å². The van der Waals surface area contributed by atoms with Crippen LogP contribution in [0, 0.1) is 0 Å². The molecule has 17 nitrogen and oxygen atoms in total. The van der Waals surface area contributed by atoms with Gasteiger partial charge in [-0.05, 0) is 141 Å². The van der Waals surface area contributed by atoms with Gasteiger partial charge >= 0.3 is 39.5 Å². The van der Waals surface area contributed by atoms with Crippen LogP contribution >= 0.6 is 15.6 Å². The number of esters is 4. The maximum atomic E-state index is 13.1. The van der Waals surface area contributed by atoms with Crippen molar-refractivity contribution in [2.24, 2.45) is 0 Å². The first kappa shape index (κ1) is 94.5. The third-order valence-electron chi connectivity index (χ3n) is 16.6. The van der Waals surface area contributed by atoms with Crippen LogP contribution in [0.2, 0.25) is 0 Å². The third kappa shape index (κ3) is 70.9. The molecule has 0 saturated heterocycles. The van der Waals surface area contributed by atoms with Crippen LogP contribution in [0.5, 0.6) is 0 Å². The molecule has 0 radical (unpaired) electrons. The lowest BCUT2D eigenvalue weighted by atomic mass is 10.1. The second kappa shape index (κ2) is 71.9. The minimum absolute atomic E-state index is 0.0778. The van der Waals surface area contributed by atoms with Crippen molar-refractivity contribution in [3.8, 4) is 0 Å². The van der Waals surface area contributed by atoms with Crippen LogP contribution in [-0.2, 0) is 65.4 Å². The SMILES string of the molecule is CCCCC/C=C\C/C=C\CCCCCCCC(=O)OCC(COP(=O)(O)OCC(O)COP(=O)(O)OCC(COC(=O)CCCCCCC/C=C\CCCCCCCC)OC(=O)CCCCCCC/C=C\CCCCCC)OC(=O)CCCCCCC/C=C\C/C=C\CCCCC. The van der Waals surface area contributed by atoms with E-state index in [-0.39, 0.29) is 25.7 Å². The molecule has 0 aliphatic rings. The molecule has 19 heteroatoms. The van der Waals surface area contributed by atoms with Crippen LogP contribution in [0.15, 0.2) is 72.9 Å². The summed E-state index contributed by atoms with van der Waals surface area (Å²) in [6.07, 6.45) is 71.6. The Kier molecular flexibility index (Phi) is 69.3. The fraction of sp³-hybridized carbons (Fsp3) is 0.797. The van der Waals surface area contributed by atoms with Crippen LogP contribution in [0.25, 0.3) is 0 Å². The number of phosphoric ester groups is 2. The second-order valence-electron chi connectivity index (χ2n) is 26.3. The number of hydrogen-bond acceptors (Lipinski definition) is 15. The van der Waals surface area contributed by atoms with E-state index in [1.54, 1.807) is 0 Å². The van der Waals surface area contributed by atoms with Gasteiger partial charge in [0, 0.05) is 25.7 Å². The Morgan fingerprint density at radius 3 is 0.796 bits per heavy atom. The Bertz CT molecular complexity index is 2140. The average molecular weight is 1430 g/mol. The summed E-state index contributed by atoms with van der Waals surface area (Å²) in [4.78, 5) is 72.9. The van der Waals surface area contributed by atoms with E-state index in [9.17, 15) is 43.2 Å². The fourth-order valence-corrected chi connectivity index (χ4v) is 12.1. The first-order valence-electron chi connectivity index (χ1n) is 39.2. The largest absolute Gasteiger partial charge is 0.472 e. The summed E-state index contributed by atoms with van der Waals surface area (Å²) >= 11 is 0. The molecule has 0 saturated carbocycles. The highest BCUT2D eigenvalue weighted by molar-refractivity contribution is 7.47. The van der Waals surface area contributed by atoms with Crippen molar-refractivity contribution in [2.75, 3.05) is 39.6 Å². The van der Waals surface area contributed by atoms with Crippen LogP contribution in [0.1, 0.15) is 349 Å². The summed E-state index contributed by atoms with van der Waals surface area (Å²) in [6, 6.07) is 0. The zero-order chi connectivity index (χ0) is 71.8. The van der Waals surface area contributed by atoms with Gasteiger partial charge in [0.15, 0.2) is 12.2 Å². The van der Waals surface area contributed by atoms with E-state index in [0.29, 0.717) is 25.7 Å². The molecule has 0 rings (SSSR count). The first-order valence-corrected chi connectivity index (χ1v) is 42.2. The van der Waals surface area contributed by atoms with Gasteiger partial charge in [0.1, 0.15) is 19.3 Å². The first-order chi connectivity index (χ1) is 47.7. The molecule has 0 aromatic rings. The normalized spacial score (nSPS) is 14.3. The molecule has 3 N–H and O–H groups in total. The average Bonchev–Trinajstić information content (AvgIpc) is 1.04. The van der Waals surface area contributed by atoms with E-state index in [4.69, 9.17) is 37.0 Å². The highest BCUT2D eigenvalue weighted by Gasteiger charge is 2.30. The molecule has 0 aromatic carbocycles. The summed E-state index contributed by atoms with van der Waals surface area (Å²) < 4.78 is 68.5. The monoisotopic (exact) mass is 1420 g/mol. The summed E-state index contributed by atoms with van der Waals surface area (Å²) in [7, 11) is -9.95. The lowest BCUT2D eigenvalue weighted by Gasteiger charge is -2.21. The number of hydrogen-bond donors (Lipinski definition) is 3. The molecule has 0 heterocycles. The van der Waals surface area contributed by atoms with Gasteiger partial charge in [0.25, 0.3) is 0 Å². The Labute approximate surface area is 596 Å². The summed E-state index contributed by atoms with van der Waals surface area (Å²) in [5, 5.41) is 10.6. The van der Waals surface area contributed by atoms with Gasteiger partial charge in [-0.1, -0.05) is 255 Å². The molecule has 0 bridgehead atoms. The van der Waals surface area contributed by atoms with Crippen LogP contribution in [-0.4, -0.2) is 96.7 Å². The predicted octanol–water partition coefficient (Wildman–Crippen LogP) is 22.4. The van der Waals surface area contributed by atoms with Gasteiger partial charge in [-0.15, -0.1) is 0 Å². The number of aliphatic hydroxyl groups is 1. The number of carbonyl (C=O) groups excluding carboxylic acids is 4. The molecule has 5 atom stereocenters. The standard InChI is InChI=1S/C79H142O17P2/c1-5-9-13-17-21-25-29-33-36-40-43-47-51-55-59-63-76(81)89-69-74(95-78(83)65-61-57-53-49-45-39-32-28-24-20-16-12-8-4)71-93-97(85,86)91-67-73(80)68-92-98(87,88)94-72-75(96-79(84)66-62-58-54-50-46-42-38-35-31-27-23-19-15-11-7-3)70-90-77(82)64-60-56-52-48-44-41-37-34-30-26-22-18-14-10-6-2/h22-23,26-28,32-38,73-75,80H,5-21,24-25,29-31,39-72H2,1-4H3,(H,85,86)(H,87,88)/b26-22-,27-23-,32-28-,36-33-,37-34-,38-35-. The van der Waals surface area contributed by atoms with E-state index in [0.717, 1.165) is 167 Å². The van der Waals surface area contributed by atoms with Crippen molar-refractivity contribution in [3.05, 3.63) is 72.9 Å². The van der Waals surface area contributed by atoms with Crippen molar-refractivity contribution in [3.63, 3.8) is 0 Å². The third-order valence-corrected chi connectivity index (χ3v) is 18.5. The predicted molar refractivity (Wildman–Crippen MR) is 400 cm³/mol. The minimum atomic E-state index is -4.98. The van der Waals surface area contributed by atoms with Gasteiger partial charge in [-0.3, -0.25) is 37.3 Å². The van der Waals surface area contributed by atoms with Gasteiger partial charge in [-0.25, -0.2) is 9.13 Å². The van der Waals surface area contributed by atoms with Crippen molar-refractivity contribution in [1.82, 2.24) is 0 Å². The molecule has 0 aromatic heterocycles. The number of unbranched alkanes of at least 4 members (excludes halogenated alkanes) is 36. The molecule has 0 amide bonds. The molecule has 570 valence electrons. The second-order valence-corrected chi connectivity index (χ2v) is 29.2. The number of carbonyl (C=O) groups is 4. The van der Waals surface area contributed by atoms with E-state index in [1.807, 2.05) is 0 Å². The van der Waals surface area contributed by atoms with Gasteiger partial charge in [-0.2, -0.15) is 0 Å². The van der Waals surface area contributed by atoms with Gasteiger partial charge < -0.3 is 33.8 Å². The van der Waals surface area contributed by atoms with Crippen molar-refractivity contribution in [2.45, 2.75) is 367 Å². The molecule has 98 heavy (non-hydrogen) atoms. The van der Waals surface area contributed by atoms with Crippen LogP contribution in [0.3, 0.4) is 0 Å². The topological polar surface area (TPSA) is 237 Å². The Balaban J connectivity index is 5.36. The number of ether oxygens (including phenoxy) is 4. The zero-order valence-electron chi connectivity index (χ0n) is 62.2. The molecule has 0 aliphatic carbocycles. The highest BCUT2D eigenvalue weighted by Crippen LogP contribution is 2.45. The van der Waals surface area contributed by atoms with Crippen molar-refractivity contribution >= 4 is 39.5 Å². The fourth-order valence-electron chi connectivity index (χ4n) is 10.6. The minimum Gasteiger partial charge on any atom is -0.462 e. The smallest absolute Gasteiger partial charge is 0.462 e. The maximum absolute atomic E-state index is 13.1. The molecular formula is C79H142O17P2. The molecule has 0 aliphatic heterocycles. The lowest BCUT2D eigenvalue weighted by molar-refractivity contribution is -0.161. The number of phosphoric acid groups is 2. The summed E-state index contributed by atoms with van der Waals surface area (Å²) in [5.74, 6) is -2.20. The number of aliphatic hydroxyl groups excluding tert-OH is 1. The molecule has 0 spiro atoms. The Morgan fingerprint density at radius 1 is 0.286 bits per heavy atom. The lowest BCUT2D eigenvalue weighted by Crippen LogP contribution is -2.30. The van der Waals surface area contributed by atoms with Gasteiger partial charge in [0.2, 0.25) is 0 Å². The quantitative estimate of drug-likeness (QED) is 0.0169. The molecule has 5 unspecified atom stereocenters. The number of rotatable bonds is 74. The van der Waals surface area contributed by atoms with E-state index >= 15 is 0 Å².